The van der Waals surface area contributed by atoms with E-state index in [0.717, 1.165) is 44.9 Å². The third kappa shape index (κ3) is 7.49. The van der Waals surface area contributed by atoms with E-state index in [-0.39, 0.29) is 11.9 Å². The number of hydrogen-bond acceptors (Lipinski definition) is 2. The highest BCUT2D eigenvalue weighted by Gasteiger charge is 2.18. The smallest absolute Gasteiger partial charge is 0.333 e. The van der Waals surface area contributed by atoms with E-state index < -0.39 is 0 Å². The Bertz CT molecular complexity index is 506. The molecule has 23 heavy (non-hydrogen) atoms. The Kier molecular flexibility index (Phi) is 8.68. The van der Waals surface area contributed by atoms with Crippen molar-refractivity contribution in [1.29, 1.82) is 0 Å². The van der Waals surface area contributed by atoms with Gasteiger partial charge in [-0.25, -0.2) is 4.79 Å². The molecule has 0 amide bonds. The van der Waals surface area contributed by atoms with Crippen LogP contribution in [0.5, 0.6) is 0 Å². The normalized spacial score (nSPS) is 28.2. The van der Waals surface area contributed by atoms with Gasteiger partial charge in [0, 0.05) is 5.57 Å². The molecule has 0 radical (unpaired) electrons. The van der Waals surface area contributed by atoms with Crippen molar-refractivity contribution in [3.05, 3.63) is 47.1 Å². The molecular formula is C21H32O2. The molecule has 1 unspecified atom stereocenters. The van der Waals surface area contributed by atoms with Gasteiger partial charge in [-0.2, -0.15) is 0 Å². The molecule has 1 aliphatic rings. The Balaban J connectivity index is 2.88. The van der Waals surface area contributed by atoms with Gasteiger partial charge in [-0.1, -0.05) is 41.5 Å². The van der Waals surface area contributed by atoms with Crippen LogP contribution in [0.3, 0.4) is 0 Å². The quantitative estimate of drug-likeness (QED) is 0.359. The SMILES string of the molecule is C=C(C(=O)OC)C1C/C=C(\C)CC/C=C(\C)CC/C=C(\C)CC1. The number of methoxy groups -OCH3 is 1. The lowest BCUT2D eigenvalue weighted by atomic mass is 9.89. The molecule has 1 rings (SSSR count). The molecule has 0 aromatic carbocycles. The molecule has 0 bridgehead atoms. The van der Waals surface area contributed by atoms with E-state index in [2.05, 4.69) is 45.6 Å². The van der Waals surface area contributed by atoms with Gasteiger partial charge in [0.1, 0.15) is 0 Å². The molecule has 0 saturated carbocycles. The zero-order chi connectivity index (χ0) is 17.2. The lowest BCUT2D eigenvalue weighted by Crippen LogP contribution is -2.14. The molecule has 0 fully saturated rings. The first-order valence-corrected chi connectivity index (χ1v) is 8.68. The van der Waals surface area contributed by atoms with Gasteiger partial charge in [-0.15, -0.1) is 0 Å². The van der Waals surface area contributed by atoms with Gasteiger partial charge in [0.25, 0.3) is 0 Å². The minimum atomic E-state index is -0.276. The fourth-order valence-corrected chi connectivity index (χ4v) is 2.88. The van der Waals surface area contributed by atoms with Crippen LogP contribution in [0, 0.1) is 5.92 Å². The van der Waals surface area contributed by atoms with Crippen molar-refractivity contribution < 1.29 is 9.53 Å². The third-order valence-electron chi connectivity index (χ3n) is 4.64. The van der Waals surface area contributed by atoms with Gasteiger partial charge in [0.15, 0.2) is 0 Å². The number of ether oxygens (including phenoxy) is 1. The third-order valence-corrected chi connectivity index (χ3v) is 4.64. The maximum atomic E-state index is 11.8. The standard InChI is InChI=1S/C21H32O2/c1-16-8-6-10-17(2)12-14-20(19(4)21(22)23-5)15-13-18(3)11-7-9-16/h8,11-12,20H,4,6-7,9-10,13-15H2,1-3,5H3/b16-8+,17-12+,18-11+. The van der Waals surface area contributed by atoms with Crippen LogP contribution in [0.2, 0.25) is 0 Å². The summed E-state index contributed by atoms with van der Waals surface area (Å²) in [7, 11) is 1.43. The van der Waals surface area contributed by atoms with Crippen LogP contribution in [0.1, 0.15) is 65.7 Å². The van der Waals surface area contributed by atoms with Gasteiger partial charge >= 0.3 is 5.97 Å². The Hall–Kier alpha value is -1.57. The molecule has 0 spiro atoms. The topological polar surface area (TPSA) is 26.3 Å². The van der Waals surface area contributed by atoms with Crippen LogP contribution < -0.4 is 0 Å². The summed E-state index contributed by atoms with van der Waals surface area (Å²) < 4.78 is 4.86. The van der Waals surface area contributed by atoms with E-state index in [1.165, 1.54) is 23.8 Å². The molecule has 128 valence electrons. The second-order valence-electron chi connectivity index (χ2n) is 6.72. The Labute approximate surface area is 142 Å². The Morgan fingerprint density at radius 1 is 1.00 bits per heavy atom. The first-order chi connectivity index (χ1) is 10.9. The predicted molar refractivity (Wildman–Crippen MR) is 98.2 cm³/mol. The molecule has 2 heteroatoms. The van der Waals surface area contributed by atoms with Crippen molar-refractivity contribution in [3.63, 3.8) is 0 Å². The first-order valence-electron chi connectivity index (χ1n) is 8.68. The zero-order valence-electron chi connectivity index (χ0n) is 15.3. The molecule has 0 aromatic heterocycles. The van der Waals surface area contributed by atoms with E-state index in [9.17, 15) is 4.79 Å². The van der Waals surface area contributed by atoms with Gasteiger partial charge in [0.2, 0.25) is 0 Å². The van der Waals surface area contributed by atoms with Crippen molar-refractivity contribution >= 4 is 5.97 Å². The molecule has 0 saturated heterocycles. The highest BCUT2D eigenvalue weighted by Crippen LogP contribution is 2.25. The number of rotatable bonds is 2. The lowest BCUT2D eigenvalue weighted by molar-refractivity contribution is -0.136. The van der Waals surface area contributed by atoms with E-state index in [4.69, 9.17) is 4.74 Å². The summed E-state index contributed by atoms with van der Waals surface area (Å²) in [4.78, 5) is 11.8. The first kappa shape index (κ1) is 19.5. The summed E-state index contributed by atoms with van der Waals surface area (Å²) in [5, 5.41) is 0. The Morgan fingerprint density at radius 2 is 1.52 bits per heavy atom. The summed E-state index contributed by atoms with van der Waals surface area (Å²) in [5.41, 5.74) is 4.88. The van der Waals surface area contributed by atoms with E-state index >= 15 is 0 Å². The molecule has 0 N–H and O–H groups in total. The largest absolute Gasteiger partial charge is 0.466 e. The fraction of sp³-hybridized carbons (Fsp3) is 0.571. The molecule has 2 nitrogen and oxygen atoms in total. The van der Waals surface area contributed by atoms with Crippen molar-refractivity contribution in [3.8, 4) is 0 Å². The van der Waals surface area contributed by atoms with Gasteiger partial charge in [-0.05, 0) is 71.6 Å². The van der Waals surface area contributed by atoms with E-state index in [1.54, 1.807) is 0 Å². The van der Waals surface area contributed by atoms with Crippen LogP contribution in [-0.4, -0.2) is 13.1 Å². The zero-order valence-corrected chi connectivity index (χ0v) is 15.3. The summed E-state index contributed by atoms with van der Waals surface area (Å²) in [6.07, 6.45) is 14.2. The minimum Gasteiger partial charge on any atom is -0.466 e. The van der Waals surface area contributed by atoms with Crippen molar-refractivity contribution in [2.45, 2.75) is 65.7 Å². The van der Waals surface area contributed by atoms with Crippen molar-refractivity contribution in [2.75, 3.05) is 7.11 Å². The minimum absolute atomic E-state index is 0.168. The highest BCUT2D eigenvalue weighted by atomic mass is 16.5. The maximum Gasteiger partial charge on any atom is 0.333 e. The highest BCUT2D eigenvalue weighted by molar-refractivity contribution is 5.88. The second-order valence-corrected chi connectivity index (χ2v) is 6.72. The summed E-state index contributed by atoms with van der Waals surface area (Å²) in [5.74, 6) is -0.108. The van der Waals surface area contributed by atoms with Crippen LogP contribution in [0.25, 0.3) is 0 Å². The molecule has 1 atom stereocenters. The van der Waals surface area contributed by atoms with Gasteiger partial charge < -0.3 is 4.74 Å². The number of esters is 1. The lowest BCUT2D eigenvalue weighted by Gasteiger charge is -2.17. The average molecular weight is 316 g/mol. The number of carbonyl (C=O) groups excluding carboxylic acids is 1. The van der Waals surface area contributed by atoms with Crippen LogP contribution >= 0.6 is 0 Å². The Morgan fingerprint density at radius 3 is 2.09 bits per heavy atom. The van der Waals surface area contributed by atoms with E-state index in [0.29, 0.717) is 5.57 Å². The second kappa shape index (κ2) is 10.3. The molecule has 0 heterocycles. The molecule has 0 aromatic rings. The van der Waals surface area contributed by atoms with Gasteiger partial charge in [-0.3, -0.25) is 0 Å². The van der Waals surface area contributed by atoms with E-state index in [1.807, 2.05) is 0 Å². The summed E-state index contributed by atoms with van der Waals surface area (Å²) >= 11 is 0. The molecule has 1 aliphatic carbocycles. The number of allylic oxidation sites excluding steroid dienone is 6. The number of hydrogen-bond donors (Lipinski definition) is 0. The van der Waals surface area contributed by atoms with Crippen molar-refractivity contribution in [1.82, 2.24) is 0 Å². The molecular weight excluding hydrogens is 284 g/mol. The summed E-state index contributed by atoms with van der Waals surface area (Å²) in [6.45, 7) is 10.6. The van der Waals surface area contributed by atoms with Crippen LogP contribution in [0.15, 0.2) is 47.1 Å². The number of carbonyl (C=O) groups is 1. The monoisotopic (exact) mass is 316 g/mol. The van der Waals surface area contributed by atoms with Crippen LogP contribution in [-0.2, 0) is 9.53 Å². The maximum absolute atomic E-state index is 11.8. The molecule has 0 aliphatic heterocycles. The average Bonchev–Trinajstić information content (AvgIpc) is 2.52. The fourth-order valence-electron chi connectivity index (χ4n) is 2.88. The predicted octanol–water partition coefficient (Wildman–Crippen LogP) is 5.92. The van der Waals surface area contributed by atoms with Gasteiger partial charge in [0.05, 0.1) is 7.11 Å². The van der Waals surface area contributed by atoms with Crippen molar-refractivity contribution in [2.24, 2.45) is 5.92 Å². The summed E-state index contributed by atoms with van der Waals surface area (Å²) in [6, 6.07) is 0. The van der Waals surface area contributed by atoms with Crippen LogP contribution in [0.4, 0.5) is 0 Å².